The monoisotopic (exact) mass is 490 g/mol. The second kappa shape index (κ2) is 13.5. The van der Waals surface area contributed by atoms with E-state index in [-0.39, 0.29) is 0 Å². The molecule has 2 heteroatoms. The van der Waals surface area contributed by atoms with Crippen LogP contribution in [0.25, 0.3) is 11.1 Å². The van der Waals surface area contributed by atoms with Gasteiger partial charge in [-0.15, -0.1) is 0 Å². The van der Waals surface area contributed by atoms with Crippen LogP contribution in [0.2, 0.25) is 0 Å². The van der Waals surface area contributed by atoms with Gasteiger partial charge in [0.2, 0.25) is 0 Å². The summed E-state index contributed by atoms with van der Waals surface area (Å²) in [5, 5.41) is 23.6. The van der Waals surface area contributed by atoms with Gasteiger partial charge < -0.3 is 10.2 Å². The van der Waals surface area contributed by atoms with Crippen LogP contribution in [0.1, 0.15) is 137 Å². The number of benzene rings is 2. The summed E-state index contributed by atoms with van der Waals surface area (Å²) in [4.78, 5) is 0. The molecular formula is C34H50O2. The van der Waals surface area contributed by atoms with Gasteiger partial charge in [0.25, 0.3) is 0 Å². The molecule has 0 radical (unpaired) electrons. The molecule has 0 saturated carbocycles. The van der Waals surface area contributed by atoms with E-state index >= 15 is 0 Å². The predicted molar refractivity (Wildman–Crippen MR) is 153 cm³/mol. The van der Waals surface area contributed by atoms with Crippen molar-refractivity contribution in [1.29, 1.82) is 0 Å². The minimum atomic E-state index is 0.467. The third kappa shape index (κ3) is 6.29. The normalized spacial score (nSPS) is 15.1. The van der Waals surface area contributed by atoms with E-state index in [4.69, 9.17) is 0 Å². The topological polar surface area (TPSA) is 40.5 Å². The second-order valence-corrected chi connectivity index (χ2v) is 11.5. The van der Waals surface area contributed by atoms with Crippen LogP contribution in [0.3, 0.4) is 0 Å². The van der Waals surface area contributed by atoms with E-state index < -0.39 is 0 Å². The Hall–Kier alpha value is -1.96. The quantitative estimate of drug-likeness (QED) is 0.274. The summed E-state index contributed by atoms with van der Waals surface area (Å²) in [5.74, 6) is 0.934. The number of hydrogen-bond donors (Lipinski definition) is 2. The maximum atomic E-state index is 11.8. The molecule has 2 aliphatic carbocycles. The van der Waals surface area contributed by atoms with Crippen LogP contribution in [0.15, 0.2) is 12.1 Å². The fraction of sp³-hybridized carbons (Fsp3) is 0.647. The number of hydrogen-bond acceptors (Lipinski definition) is 2. The Labute approximate surface area is 220 Å². The predicted octanol–water partition coefficient (Wildman–Crippen LogP) is 9.55. The SMILES string of the molecule is CCCCCCCc1cc2c(c(-c3c(O)c(CCCCCCC)cc4c3CCCC4)c1O)CCCC2. The highest BCUT2D eigenvalue weighted by Gasteiger charge is 2.28. The third-order valence-corrected chi connectivity index (χ3v) is 8.75. The smallest absolute Gasteiger partial charge is 0.127 e. The van der Waals surface area contributed by atoms with Crippen molar-refractivity contribution in [3.63, 3.8) is 0 Å². The highest BCUT2D eigenvalue weighted by molar-refractivity contribution is 5.85. The van der Waals surface area contributed by atoms with Crippen LogP contribution in [0, 0.1) is 0 Å². The summed E-state index contributed by atoms with van der Waals surface area (Å²) in [6.45, 7) is 4.52. The zero-order valence-corrected chi connectivity index (χ0v) is 23.2. The van der Waals surface area contributed by atoms with Crippen molar-refractivity contribution in [2.45, 2.75) is 142 Å². The molecule has 4 rings (SSSR count). The van der Waals surface area contributed by atoms with Gasteiger partial charge in [0.05, 0.1) is 0 Å². The van der Waals surface area contributed by atoms with E-state index in [0.717, 1.165) is 73.6 Å². The number of aryl methyl sites for hydroxylation is 4. The summed E-state index contributed by atoms with van der Waals surface area (Å²) < 4.78 is 0. The molecule has 0 heterocycles. The molecule has 36 heavy (non-hydrogen) atoms. The lowest BCUT2D eigenvalue weighted by Gasteiger charge is -2.28. The van der Waals surface area contributed by atoms with Gasteiger partial charge in [-0.25, -0.2) is 0 Å². The zero-order valence-electron chi connectivity index (χ0n) is 23.2. The molecule has 0 amide bonds. The van der Waals surface area contributed by atoms with Crippen molar-refractivity contribution in [2.24, 2.45) is 0 Å². The Kier molecular flexibility index (Phi) is 10.2. The molecule has 0 bridgehead atoms. The van der Waals surface area contributed by atoms with Crippen LogP contribution in [-0.4, -0.2) is 10.2 Å². The molecule has 0 saturated heterocycles. The average molecular weight is 491 g/mol. The minimum absolute atomic E-state index is 0.467. The van der Waals surface area contributed by atoms with Gasteiger partial charge in [-0.2, -0.15) is 0 Å². The number of rotatable bonds is 13. The molecule has 0 unspecified atom stereocenters. The van der Waals surface area contributed by atoms with Crippen molar-refractivity contribution in [3.8, 4) is 22.6 Å². The molecule has 0 aromatic heterocycles. The van der Waals surface area contributed by atoms with Gasteiger partial charge in [-0.05, 0) is 110 Å². The Morgan fingerprint density at radius 3 is 1.33 bits per heavy atom. The average Bonchev–Trinajstić information content (AvgIpc) is 2.90. The lowest BCUT2D eigenvalue weighted by molar-refractivity contribution is 0.457. The first-order valence-corrected chi connectivity index (χ1v) is 15.4. The Morgan fingerprint density at radius 2 is 0.917 bits per heavy atom. The Bertz CT molecular complexity index is 922. The molecule has 0 atom stereocenters. The number of phenolic OH excluding ortho intramolecular Hbond substituents is 2. The first-order chi connectivity index (χ1) is 17.7. The van der Waals surface area contributed by atoms with Gasteiger partial charge in [-0.1, -0.05) is 77.3 Å². The van der Waals surface area contributed by atoms with Crippen LogP contribution < -0.4 is 0 Å². The van der Waals surface area contributed by atoms with E-state index in [1.54, 1.807) is 0 Å². The van der Waals surface area contributed by atoms with E-state index in [1.165, 1.54) is 99.3 Å². The second-order valence-electron chi connectivity index (χ2n) is 11.5. The van der Waals surface area contributed by atoms with Crippen molar-refractivity contribution in [1.82, 2.24) is 0 Å². The molecule has 0 spiro atoms. The summed E-state index contributed by atoms with van der Waals surface area (Å²) in [6, 6.07) is 4.63. The van der Waals surface area contributed by atoms with Crippen molar-refractivity contribution >= 4 is 0 Å². The van der Waals surface area contributed by atoms with Crippen molar-refractivity contribution in [2.75, 3.05) is 0 Å². The Balaban J connectivity index is 1.74. The number of fused-ring (bicyclic) bond motifs is 2. The fourth-order valence-electron chi connectivity index (χ4n) is 6.67. The first-order valence-electron chi connectivity index (χ1n) is 15.4. The molecule has 0 fully saturated rings. The van der Waals surface area contributed by atoms with Crippen LogP contribution in [0.4, 0.5) is 0 Å². The molecule has 198 valence electrons. The van der Waals surface area contributed by atoms with E-state index in [2.05, 4.69) is 26.0 Å². The zero-order chi connectivity index (χ0) is 25.3. The minimum Gasteiger partial charge on any atom is -0.507 e. The first kappa shape index (κ1) is 27.1. The van der Waals surface area contributed by atoms with Crippen LogP contribution in [0.5, 0.6) is 11.5 Å². The molecule has 2 nitrogen and oxygen atoms in total. The summed E-state index contributed by atoms with van der Waals surface area (Å²) >= 11 is 0. The van der Waals surface area contributed by atoms with Gasteiger partial charge >= 0.3 is 0 Å². The van der Waals surface area contributed by atoms with Crippen LogP contribution >= 0.6 is 0 Å². The Morgan fingerprint density at radius 1 is 0.528 bits per heavy atom. The van der Waals surface area contributed by atoms with E-state index in [9.17, 15) is 10.2 Å². The molecular weight excluding hydrogens is 440 g/mol. The van der Waals surface area contributed by atoms with Gasteiger partial charge in [0, 0.05) is 11.1 Å². The van der Waals surface area contributed by atoms with Gasteiger partial charge in [0.1, 0.15) is 11.5 Å². The maximum absolute atomic E-state index is 11.8. The maximum Gasteiger partial charge on any atom is 0.127 e. The highest BCUT2D eigenvalue weighted by atomic mass is 16.3. The highest BCUT2D eigenvalue weighted by Crippen LogP contribution is 2.49. The van der Waals surface area contributed by atoms with Crippen molar-refractivity contribution < 1.29 is 10.2 Å². The summed E-state index contributed by atoms with van der Waals surface area (Å²) in [5.41, 5.74) is 9.69. The molecule has 2 N–H and O–H groups in total. The van der Waals surface area contributed by atoms with Gasteiger partial charge in [0.15, 0.2) is 0 Å². The van der Waals surface area contributed by atoms with E-state index in [0.29, 0.717) is 11.5 Å². The lowest BCUT2D eigenvalue weighted by atomic mass is 9.77. The molecule has 2 aromatic carbocycles. The molecule has 0 aliphatic heterocycles. The number of aromatic hydroxyl groups is 2. The standard InChI is InChI=1S/C34H50O2/c1-3-5-7-9-11-19-27-23-25-17-13-15-21-29(25)31(33(27)35)32-30-22-16-14-18-26(30)24-28(34(32)36)20-12-10-8-6-4-2/h23-24,35-36H,3-22H2,1-2H3. The van der Waals surface area contributed by atoms with Crippen LogP contribution in [-0.2, 0) is 38.5 Å². The summed E-state index contributed by atoms with van der Waals surface area (Å²) in [6.07, 6.45) is 23.3. The fourth-order valence-corrected chi connectivity index (χ4v) is 6.67. The molecule has 2 aliphatic rings. The van der Waals surface area contributed by atoms with Crippen molar-refractivity contribution in [3.05, 3.63) is 45.5 Å². The van der Waals surface area contributed by atoms with E-state index in [1.807, 2.05) is 0 Å². The van der Waals surface area contributed by atoms with Gasteiger partial charge in [-0.3, -0.25) is 0 Å². The third-order valence-electron chi connectivity index (χ3n) is 8.75. The summed E-state index contributed by atoms with van der Waals surface area (Å²) in [7, 11) is 0. The molecule has 2 aromatic rings. The largest absolute Gasteiger partial charge is 0.507 e. The lowest BCUT2D eigenvalue weighted by Crippen LogP contribution is -2.11. The number of unbranched alkanes of at least 4 members (excludes halogenated alkanes) is 8. The number of phenols is 2.